The number of nitrogens with one attached hydrogen (secondary N) is 1. The van der Waals surface area contributed by atoms with Crippen LogP contribution in [0.15, 0.2) is 60.1 Å². The molecule has 0 bridgehead atoms. The molecule has 0 unspecified atom stereocenters. The lowest BCUT2D eigenvalue weighted by atomic mass is 10.1. The molecule has 0 fully saturated rings. The Hall–Kier alpha value is -3.45. The number of ether oxygens (including phenoxy) is 1. The smallest absolute Gasteiger partial charge is 0.337 e. The summed E-state index contributed by atoms with van der Waals surface area (Å²) in [7, 11) is 1.27. The fourth-order valence-electron chi connectivity index (χ4n) is 2.84. The first-order chi connectivity index (χ1) is 13.6. The van der Waals surface area contributed by atoms with Gasteiger partial charge in [-0.15, -0.1) is 0 Å². The molecule has 2 aromatic rings. The van der Waals surface area contributed by atoms with Crippen molar-refractivity contribution < 1.29 is 19.4 Å². The molecule has 1 amide bonds. The van der Waals surface area contributed by atoms with Crippen LogP contribution in [0.2, 0.25) is 0 Å². The quantitative estimate of drug-likeness (QED) is 0.715. The van der Waals surface area contributed by atoms with Crippen LogP contribution >= 0.6 is 0 Å². The molecule has 7 nitrogen and oxygen atoms in total. The maximum atomic E-state index is 12.5. The summed E-state index contributed by atoms with van der Waals surface area (Å²) in [6, 6.07) is 11.3. The van der Waals surface area contributed by atoms with Crippen LogP contribution < -0.4 is 5.32 Å². The first kappa shape index (κ1) is 19.3. The Bertz CT molecular complexity index is 905. The summed E-state index contributed by atoms with van der Waals surface area (Å²) in [6.45, 7) is 0.0936. The highest BCUT2D eigenvalue weighted by Crippen LogP contribution is 2.23. The van der Waals surface area contributed by atoms with Crippen LogP contribution in [0.4, 0.5) is 5.69 Å². The van der Waals surface area contributed by atoms with E-state index in [1.165, 1.54) is 12.0 Å². The summed E-state index contributed by atoms with van der Waals surface area (Å²) >= 11 is 0. The molecular weight excluding hydrogens is 358 g/mol. The molecule has 144 valence electrons. The standard InChI is InChI=1S/C21H21N3O4/c1-28-21(27)18-14-24(12-13-25)20(26)19(18)23-17-6-4-15(5-7-17)2-3-16-8-10-22-11-9-16/h2-11,23,25H,12-14H2,1H3. The molecule has 28 heavy (non-hydrogen) atoms. The van der Waals surface area contributed by atoms with Crippen molar-refractivity contribution in [2.45, 2.75) is 0 Å². The number of benzene rings is 1. The van der Waals surface area contributed by atoms with Crippen LogP contribution in [0, 0.1) is 0 Å². The third kappa shape index (κ3) is 4.44. The van der Waals surface area contributed by atoms with Gasteiger partial charge in [-0.1, -0.05) is 24.3 Å². The minimum atomic E-state index is -0.562. The first-order valence-corrected chi connectivity index (χ1v) is 8.79. The van der Waals surface area contributed by atoms with E-state index in [2.05, 4.69) is 10.3 Å². The van der Waals surface area contributed by atoms with Gasteiger partial charge in [-0.05, 0) is 35.4 Å². The average molecular weight is 379 g/mol. The van der Waals surface area contributed by atoms with E-state index >= 15 is 0 Å². The van der Waals surface area contributed by atoms with Crippen LogP contribution in [0.3, 0.4) is 0 Å². The summed E-state index contributed by atoms with van der Waals surface area (Å²) in [5.41, 5.74) is 3.15. The number of β-amino-alcohol motifs (C(OH)–C–C–N with tert-alkyl or cyclic N) is 1. The number of nitrogens with zero attached hydrogens (tertiary/aromatic N) is 2. The molecule has 0 saturated carbocycles. The van der Waals surface area contributed by atoms with Gasteiger partial charge < -0.3 is 20.1 Å². The Balaban J connectivity index is 1.75. The van der Waals surface area contributed by atoms with Gasteiger partial charge in [-0.3, -0.25) is 9.78 Å². The van der Waals surface area contributed by atoms with Crippen molar-refractivity contribution in [3.8, 4) is 0 Å². The number of aliphatic hydroxyl groups is 1. The molecule has 1 aromatic heterocycles. The SMILES string of the molecule is COC(=O)C1=C(Nc2ccc(C=Cc3ccncc3)cc2)C(=O)N(CCO)C1. The molecule has 1 aromatic carbocycles. The van der Waals surface area contributed by atoms with Crippen molar-refractivity contribution in [3.05, 3.63) is 71.2 Å². The zero-order valence-corrected chi connectivity index (χ0v) is 15.5. The number of pyridine rings is 1. The summed E-state index contributed by atoms with van der Waals surface area (Å²) < 4.78 is 4.78. The van der Waals surface area contributed by atoms with Crippen LogP contribution in [0.1, 0.15) is 11.1 Å². The van der Waals surface area contributed by atoms with E-state index in [4.69, 9.17) is 9.84 Å². The van der Waals surface area contributed by atoms with Crippen molar-refractivity contribution in [1.29, 1.82) is 0 Å². The van der Waals surface area contributed by atoms with Gasteiger partial charge in [-0.25, -0.2) is 4.79 Å². The molecule has 7 heteroatoms. The molecule has 0 radical (unpaired) electrons. The molecule has 1 aliphatic rings. The minimum Gasteiger partial charge on any atom is -0.466 e. The summed E-state index contributed by atoms with van der Waals surface area (Å²) in [5, 5.41) is 12.1. The molecule has 2 N–H and O–H groups in total. The number of hydrogen-bond donors (Lipinski definition) is 2. The Morgan fingerprint density at radius 2 is 1.82 bits per heavy atom. The second-order valence-electron chi connectivity index (χ2n) is 6.16. The number of methoxy groups -OCH3 is 1. The largest absolute Gasteiger partial charge is 0.466 e. The number of esters is 1. The zero-order valence-electron chi connectivity index (χ0n) is 15.5. The highest BCUT2D eigenvalue weighted by atomic mass is 16.5. The summed E-state index contributed by atoms with van der Waals surface area (Å²) in [5.74, 6) is -0.899. The Labute approximate surface area is 163 Å². The maximum Gasteiger partial charge on any atom is 0.337 e. The van der Waals surface area contributed by atoms with Gasteiger partial charge in [0.2, 0.25) is 0 Å². The fourth-order valence-corrected chi connectivity index (χ4v) is 2.84. The lowest BCUT2D eigenvalue weighted by Crippen LogP contribution is -2.31. The minimum absolute atomic E-state index is 0.112. The number of aromatic nitrogens is 1. The van der Waals surface area contributed by atoms with Crippen LogP contribution in [-0.2, 0) is 14.3 Å². The number of anilines is 1. The second kappa shape index (κ2) is 8.96. The Kier molecular flexibility index (Phi) is 6.18. The average Bonchev–Trinajstić information content (AvgIpc) is 3.03. The van der Waals surface area contributed by atoms with Gasteiger partial charge in [0.1, 0.15) is 5.70 Å². The van der Waals surface area contributed by atoms with Crippen molar-refractivity contribution in [2.24, 2.45) is 0 Å². The predicted octanol–water partition coefficient (Wildman–Crippen LogP) is 1.93. The fraction of sp³-hybridized carbons (Fsp3) is 0.190. The topological polar surface area (TPSA) is 91.8 Å². The van der Waals surface area contributed by atoms with E-state index in [1.807, 2.05) is 48.6 Å². The zero-order chi connectivity index (χ0) is 19.9. The van der Waals surface area contributed by atoms with E-state index in [9.17, 15) is 9.59 Å². The lowest BCUT2D eigenvalue weighted by molar-refractivity contribution is -0.136. The predicted molar refractivity (Wildman–Crippen MR) is 106 cm³/mol. The highest BCUT2D eigenvalue weighted by molar-refractivity contribution is 6.08. The van der Waals surface area contributed by atoms with E-state index in [1.54, 1.807) is 12.4 Å². The molecule has 2 heterocycles. The lowest BCUT2D eigenvalue weighted by Gasteiger charge is -2.15. The number of carbonyl (C=O) groups excluding carboxylic acids is 2. The molecule has 3 rings (SSSR count). The molecule has 0 aliphatic carbocycles. The van der Waals surface area contributed by atoms with Gasteiger partial charge in [-0.2, -0.15) is 0 Å². The Morgan fingerprint density at radius 3 is 2.43 bits per heavy atom. The van der Waals surface area contributed by atoms with Gasteiger partial charge in [0.05, 0.1) is 25.8 Å². The van der Waals surface area contributed by atoms with Crippen molar-refractivity contribution in [3.63, 3.8) is 0 Å². The second-order valence-corrected chi connectivity index (χ2v) is 6.16. The van der Waals surface area contributed by atoms with E-state index in [0.29, 0.717) is 5.69 Å². The van der Waals surface area contributed by atoms with E-state index < -0.39 is 5.97 Å². The molecule has 0 spiro atoms. The molecule has 0 atom stereocenters. The number of rotatable bonds is 7. The molecular formula is C21H21N3O4. The van der Waals surface area contributed by atoms with Crippen LogP contribution in [-0.4, -0.2) is 53.7 Å². The van der Waals surface area contributed by atoms with Gasteiger partial charge in [0.15, 0.2) is 0 Å². The molecule has 1 aliphatic heterocycles. The third-order valence-electron chi connectivity index (χ3n) is 4.31. The van der Waals surface area contributed by atoms with Gasteiger partial charge in [0, 0.05) is 24.6 Å². The monoisotopic (exact) mass is 379 g/mol. The third-order valence-corrected chi connectivity index (χ3v) is 4.31. The van der Waals surface area contributed by atoms with Crippen LogP contribution in [0.25, 0.3) is 12.2 Å². The molecule has 0 saturated heterocycles. The van der Waals surface area contributed by atoms with Gasteiger partial charge >= 0.3 is 5.97 Å². The van der Waals surface area contributed by atoms with Crippen molar-refractivity contribution >= 4 is 29.7 Å². The normalized spacial score (nSPS) is 14.1. The number of amides is 1. The summed E-state index contributed by atoms with van der Waals surface area (Å²) in [6.07, 6.45) is 7.42. The number of aliphatic hydroxyl groups excluding tert-OH is 1. The number of carbonyl (C=O) groups is 2. The van der Waals surface area contributed by atoms with Crippen molar-refractivity contribution in [2.75, 3.05) is 32.1 Å². The number of hydrogen-bond acceptors (Lipinski definition) is 6. The van der Waals surface area contributed by atoms with E-state index in [-0.39, 0.29) is 36.9 Å². The van der Waals surface area contributed by atoms with Gasteiger partial charge in [0.25, 0.3) is 5.91 Å². The van der Waals surface area contributed by atoms with Crippen LogP contribution in [0.5, 0.6) is 0 Å². The first-order valence-electron chi connectivity index (χ1n) is 8.79. The summed E-state index contributed by atoms with van der Waals surface area (Å²) in [4.78, 5) is 29.9. The highest BCUT2D eigenvalue weighted by Gasteiger charge is 2.34. The Morgan fingerprint density at radius 1 is 1.18 bits per heavy atom. The van der Waals surface area contributed by atoms with Crippen molar-refractivity contribution in [1.82, 2.24) is 9.88 Å². The van der Waals surface area contributed by atoms with E-state index in [0.717, 1.165) is 11.1 Å². The maximum absolute atomic E-state index is 12.5.